The first-order chi connectivity index (χ1) is 13.7. The van der Waals surface area contributed by atoms with Gasteiger partial charge in [-0.1, -0.05) is 18.6 Å². The Morgan fingerprint density at radius 3 is 2.89 bits per heavy atom. The quantitative estimate of drug-likeness (QED) is 0.568. The Hall–Kier alpha value is -2.57. The van der Waals surface area contributed by atoms with Gasteiger partial charge in [-0.05, 0) is 44.4 Å². The maximum absolute atomic E-state index is 4.37. The van der Waals surface area contributed by atoms with Gasteiger partial charge in [0.2, 0.25) is 0 Å². The molecular weight excluding hydrogens is 350 g/mol. The third-order valence-electron chi connectivity index (χ3n) is 5.25. The Kier molecular flexibility index (Phi) is 7.28. The van der Waals surface area contributed by atoms with Gasteiger partial charge in [0.1, 0.15) is 5.82 Å². The zero-order chi connectivity index (χ0) is 19.8. The number of nitrogens with zero attached hydrogens (tertiary/aromatic N) is 5. The molecule has 0 unspecified atom stereocenters. The number of benzene rings is 1. The molecule has 0 spiro atoms. The van der Waals surface area contributed by atoms with Crippen molar-refractivity contribution in [3.8, 4) is 0 Å². The number of aliphatic imine (C=N–C) groups is 1. The van der Waals surface area contributed by atoms with E-state index in [4.69, 9.17) is 0 Å². The van der Waals surface area contributed by atoms with Crippen LogP contribution in [0.15, 0.2) is 29.3 Å². The van der Waals surface area contributed by atoms with Crippen LogP contribution in [0.2, 0.25) is 0 Å². The molecule has 0 radical (unpaired) electrons. The van der Waals surface area contributed by atoms with Crippen molar-refractivity contribution in [1.29, 1.82) is 0 Å². The number of rotatable bonds is 7. The van der Waals surface area contributed by atoms with Gasteiger partial charge >= 0.3 is 0 Å². The van der Waals surface area contributed by atoms with Gasteiger partial charge in [-0.2, -0.15) is 0 Å². The molecule has 1 aliphatic heterocycles. The topological polar surface area (TPSA) is 70.4 Å². The first-order valence-electron chi connectivity index (χ1n) is 10.4. The summed E-state index contributed by atoms with van der Waals surface area (Å²) < 4.78 is 2.27. The largest absolute Gasteiger partial charge is 0.370 e. The maximum atomic E-state index is 4.37. The van der Waals surface area contributed by atoms with Crippen LogP contribution < -0.4 is 15.5 Å². The van der Waals surface area contributed by atoms with Crippen molar-refractivity contribution in [1.82, 2.24) is 25.4 Å². The second-order valence-electron chi connectivity index (χ2n) is 7.27. The lowest BCUT2D eigenvalue weighted by atomic mass is 10.2. The second kappa shape index (κ2) is 10.1. The van der Waals surface area contributed by atoms with Crippen molar-refractivity contribution in [2.24, 2.45) is 4.99 Å². The Morgan fingerprint density at radius 1 is 1.21 bits per heavy atom. The van der Waals surface area contributed by atoms with Crippen LogP contribution in [0.1, 0.15) is 43.4 Å². The number of aryl methyl sites for hydroxylation is 2. The standard InChI is InChI=1S/C21H33N7/c1-4-27(18-10-8-9-17(2)15-18)14-12-23-21(22-3)24-16-20-26-25-19-11-6-5-7-13-28(19)20/h8-10,15H,4-7,11-14,16H2,1-3H3,(H2,22,23,24). The Balaban J connectivity index is 1.49. The average molecular weight is 384 g/mol. The zero-order valence-electron chi connectivity index (χ0n) is 17.4. The summed E-state index contributed by atoms with van der Waals surface area (Å²) in [5.74, 6) is 2.91. The van der Waals surface area contributed by atoms with Crippen molar-refractivity contribution in [3.05, 3.63) is 41.5 Å². The van der Waals surface area contributed by atoms with Crippen molar-refractivity contribution in [2.75, 3.05) is 31.6 Å². The predicted molar refractivity (Wildman–Crippen MR) is 115 cm³/mol. The van der Waals surface area contributed by atoms with Gasteiger partial charge in [0.25, 0.3) is 0 Å². The normalized spacial score (nSPS) is 14.3. The molecule has 7 nitrogen and oxygen atoms in total. The number of likely N-dealkylation sites (N-methyl/N-ethyl adjacent to an activating group) is 1. The van der Waals surface area contributed by atoms with Gasteiger partial charge in [-0.25, -0.2) is 0 Å². The SMILES string of the molecule is CCN(CCNC(=NC)NCc1nnc2n1CCCCC2)c1cccc(C)c1. The first-order valence-corrected chi connectivity index (χ1v) is 10.4. The highest BCUT2D eigenvalue weighted by Gasteiger charge is 2.14. The van der Waals surface area contributed by atoms with Gasteiger partial charge < -0.3 is 20.1 Å². The van der Waals surface area contributed by atoms with E-state index < -0.39 is 0 Å². The Morgan fingerprint density at radius 2 is 2.11 bits per heavy atom. The summed E-state index contributed by atoms with van der Waals surface area (Å²) in [7, 11) is 1.80. The minimum atomic E-state index is 0.641. The van der Waals surface area contributed by atoms with Crippen molar-refractivity contribution >= 4 is 11.6 Å². The molecule has 0 saturated heterocycles. The fourth-order valence-electron chi connectivity index (χ4n) is 3.66. The van der Waals surface area contributed by atoms with Gasteiger partial charge in [-0.3, -0.25) is 4.99 Å². The molecule has 1 aromatic heterocycles. The first kappa shape index (κ1) is 20.2. The van der Waals surface area contributed by atoms with Crippen molar-refractivity contribution in [3.63, 3.8) is 0 Å². The number of guanidine groups is 1. The van der Waals surface area contributed by atoms with E-state index in [0.717, 1.165) is 50.2 Å². The van der Waals surface area contributed by atoms with Gasteiger partial charge in [0.05, 0.1) is 6.54 Å². The number of hydrogen-bond acceptors (Lipinski definition) is 4. The minimum Gasteiger partial charge on any atom is -0.370 e. The van der Waals surface area contributed by atoms with Crippen LogP contribution in [-0.2, 0) is 19.5 Å². The van der Waals surface area contributed by atoms with E-state index in [0.29, 0.717) is 6.54 Å². The summed E-state index contributed by atoms with van der Waals surface area (Å²) in [4.78, 5) is 6.71. The molecule has 1 aliphatic rings. The van der Waals surface area contributed by atoms with Crippen LogP contribution in [0.25, 0.3) is 0 Å². The molecule has 1 aromatic carbocycles. The zero-order valence-corrected chi connectivity index (χ0v) is 17.4. The maximum Gasteiger partial charge on any atom is 0.191 e. The lowest BCUT2D eigenvalue weighted by Gasteiger charge is -2.24. The average Bonchev–Trinajstić information content (AvgIpc) is 2.93. The molecule has 0 atom stereocenters. The van der Waals surface area contributed by atoms with E-state index in [-0.39, 0.29) is 0 Å². The molecule has 0 aliphatic carbocycles. The number of hydrogen-bond donors (Lipinski definition) is 2. The van der Waals surface area contributed by atoms with Crippen LogP contribution in [0.5, 0.6) is 0 Å². The fraction of sp³-hybridized carbons (Fsp3) is 0.571. The third kappa shape index (κ3) is 5.24. The molecule has 0 fully saturated rings. The summed E-state index contributed by atoms with van der Waals surface area (Å²) >= 11 is 0. The Bertz CT molecular complexity index is 781. The van der Waals surface area contributed by atoms with Crippen LogP contribution >= 0.6 is 0 Å². The number of fused-ring (bicyclic) bond motifs is 1. The minimum absolute atomic E-state index is 0.641. The summed E-state index contributed by atoms with van der Waals surface area (Å²) in [5.41, 5.74) is 2.55. The van der Waals surface area contributed by atoms with Gasteiger partial charge in [-0.15, -0.1) is 10.2 Å². The van der Waals surface area contributed by atoms with Crippen LogP contribution in [0, 0.1) is 6.92 Å². The van der Waals surface area contributed by atoms with Crippen molar-refractivity contribution < 1.29 is 0 Å². The van der Waals surface area contributed by atoms with Crippen LogP contribution in [-0.4, -0.2) is 47.4 Å². The van der Waals surface area contributed by atoms with Gasteiger partial charge in [0, 0.05) is 45.3 Å². The smallest absolute Gasteiger partial charge is 0.191 e. The van der Waals surface area contributed by atoms with E-state index in [1.807, 2.05) is 0 Å². The molecule has 2 aromatic rings. The highest BCUT2D eigenvalue weighted by Crippen LogP contribution is 2.15. The predicted octanol–water partition coefficient (Wildman–Crippen LogP) is 2.50. The second-order valence-corrected chi connectivity index (χ2v) is 7.27. The van der Waals surface area contributed by atoms with Crippen LogP contribution in [0.3, 0.4) is 0 Å². The summed E-state index contributed by atoms with van der Waals surface area (Å²) in [5, 5.41) is 15.5. The molecule has 0 saturated carbocycles. The molecule has 0 amide bonds. The van der Waals surface area contributed by atoms with Crippen molar-refractivity contribution in [2.45, 2.75) is 52.6 Å². The summed E-state index contributed by atoms with van der Waals surface area (Å²) in [6.45, 7) is 8.69. The van der Waals surface area contributed by atoms with E-state index in [9.17, 15) is 0 Å². The van der Waals surface area contributed by atoms with E-state index in [1.54, 1.807) is 7.05 Å². The molecule has 152 valence electrons. The molecular formula is C21H33N7. The third-order valence-corrected chi connectivity index (χ3v) is 5.25. The number of nitrogens with one attached hydrogen (secondary N) is 2. The molecule has 2 heterocycles. The van der Waals surface area contributed by atoms with E-state index in [2.05, 4.69) is 73.4 Å². The van der Waals surface area contributed by atoms with Gasteiger partial charge in [0.15, 0.2) is 11.8 Å². The molecule has 0 bridgehead atoms. The number of anilines is 1. The van der Waals surface area contributed by atoms with E-state index in [1.165, 1.54) is 30.5 Å². The van der Waals surface area contributed by atoms with Crippen LogP contribution in [0.4, 0.5) is 5.69 Å². The van der Waals surface area contributed by atoms with E-state index >= 15 is 0 Å². The monoisotopic (exact) mass is 383 g/mol. The Labute approximate surface area is 168 Å². The molecule has 28 heavy (non-hydrogen) atoms. The highest BCUT2D eigenvalue weighted by molar-refractivity contribution is 5.79. The molecule has 2 N–H and O–H groups in total. The highest BCUT2D eigenvalue weighted by atomic mass is 15.3. The lowest BCUT2D eigenvalue weighted by Crippen LogP contribution is -2.41. The number of aromatic nitrogens is 3. The summed E-state index contributed by atoms with van der Waals surface area (Å²) in [6.07, 6.45) is 4.72. The molecule has 3 rings (SSSR count). The molecule has 7 heteroatoms. The lowest BCUT2D eigenvalue weighted by molar-refractivity contribution is 0.596. The summed E-state index contributed by atoms with van der Waals surface area (Å²) in [6, 6.07) is 8.64. The fourth-order valence-corrected chi connectivity index (χ4v) is 3.66.